The highest BCUT2D eigenvalue weighted by molar-refractivity contribution is 5.24. The van der Waals surface area contributed by atoms with Crippen molar-refractivity contribution >= 4 is 0 Å². The van der Waals surface area contributed by atoms with E-state index in [1.807, 2.05) is 25.7 Å². The standard InChI is InChI=1S/C18H20F3N3O/c1-18(2,3)17-22-14-4-5-24(9-11(14)16(25)23-17)8-10-6-12(19)15(21)13(20)7-10/h6-7H,4-5,8-9H2,1-3H3,(H,22,23,25). The Bertz CT molecular complexity index is 848. The van der Waals surface area contributed by atoms with Crippen molar-refractivity contribution in [1.29, 1.82) is 0 Å². The number of nitrogens with one attached hydrogen (secondary N) is 1. The number of rotatable bonds is 2. The summed E-state index contributed by atoms with van der Waals surface area (Å²) in [7, 11) is 0. The van der Waals surface area contributed by atoms with Crippen molar-refractivity contribution in [2.75, 3.05) is 6.54 Å². The summed E-state index contributed by atoms with van der Waals surface area (Å²) in [5.41, 5.74) is 1.23. The summed E-state index contributed by atoms with van der Waals surface area (Å²) in [5, 5.41) is 0. The lowest BCUT2D eigenvalue weighted by Gasteiger charge is -2.29. The van der Waals surface area contributed by atoms with Gasteiger partial charge in [-0.25, -0.2) is 18.2 Å². The van der Waals surface area contributed by atoms with Gasteiger partial charge in [-0.15, -0.1) is 0 Å². The third-order valence-electron chi connectivity index (χ3n) is 4.31. The minimum atomic E-state index is -1.47. The van der Waals surface area contributed by atoms with Gasteiger partial charge in [-0.1, -0.05) is 20.8 Å². The monoisotopic (exact) mass is 351 g/mol. The normalized spacial score (nSPS) is 15.3. The van der Waals surface area contributed by atoms with Crippen LogP contribution < -0.4 is 5.56 Å². The molecule has 0 unspecified atom stereocenters. The Kier molecular flexibility index (Phi) is 4.45. The van der Waals surface area contributed by atoms with Crippen molar-refractivity contribution < 1.29 is 13.2 Å². The van der Waals surface area contributed by atoms with Crippen molar-refractivity contribution in [1.82, 2.24) is 14.9 Å². The Balaban J connectivity index is 1.83. The van der Waals surface area contributed by atoms with Crippen molar-refractivity contribution in [2.24, 2.45) is 0 Å². The second-order valence-corrected chi connectivity index (χ2v) is 7.42. The molecule has 0 saturated heterocycles. The number of halogens is 3. The van der Waals surface area contributed by atoms with Crippen molar-refractivity contribution in [3.63, 3.8) is 0 Å². The van der Waals surface area contributed by atoms with E-state index < -0.39 is 17.5 Å². The van der Waals surface area contributed by atoms with Crippen LogP contribution in [-0.2, 0) is 24.9 Å². The zero-order valence-electron chi connectivity index (χ0n) is 14.4. The van der Waals surface area contributed by atoms with E-state index in [-0.39, 0.29) is 17.5 Å². The molecule has 0 spiro atoms. The van der Waals surface area contributed by atoms with Crippen LogP contribution in [0, 0.1) is 17.5 Å². The Morgan fingerprint density at radius 3 is 2.44 bits per heavy atom. The van der Waals surface area contributed by atoms with E-state index in [0.717, 1.165) is 17.8 Å². The summed E-state index contributed by atoms with van der Waals surface area (Å²) in [6, 6.07) is 1.97. The molecule has 134 valence electrons. The molecule has 4 nitrogen and oxygen atoms in total. The number of nitrogens with zero attached hydrogens (tertiary/aromatic N) is 2. The van der Waals surface area contributed by atoms with E-state index >= 15 is 0 Å². The maximum Gasteiger partial charge on any atom is 0.255 e. The quantitative estimate of drug-likeness (QED) is 0.846. The van der Waals surface area contributed by atoms with Gasteiger partial charge in [0.2, 0.25) is 0 Å². The topological polar surface area (TPSA) is 49.0 Å². The molecular formula is C18H20F3N3O. The zero-order chi connectivity index (χ0) is 18.4. The molecule has 3 rings (SSSR count). The molecule has 7 heteroatoms. The molecule has 1 aliphatic rings. The van der Waals surface area contributed by atoms with Gasteiger partial charge >= 0.3 is 0 Å². The average molecular weight is 351 g/mol. The van der Waals surface area contributed by atoms with Crippen molar-refractivity contribution in [2.45, 2.75) is 45.7 Å². The molecule has 0 atom stereocenters. The predicted octanol–water partition coefficient (Wildman–Crippen LogP) is 3.04. The van der Waals surface area contributed by atoms with Gasteiger partial charge in [0.15, 0.2) is 17.5 Å². The molecule has 0 saturated carbocycles. The first-order valence-electron chi connectivity index (χ1n) is 8.13. The molecule has 25 heavy (non-hydrogen) atoms. The maximum absolute atomic E-state index is 13.4. The molecule has 2 aromatic rings. The first-order valence-corrected chi connectivity index (χ1v) is 8.13. The van der Waals surface area contributed by atoms with Gasteiger partial charge in [0, 0.05) is 31.5 Å². The molecule has 1 aliphatic heterocycles. The highest BCUT2D eigenvalue weighted by Crippen LogP contribution is 2.22. The van der Waals surface area contributed by atoms with Crippen LogP contribution in [0.1, 0.15) is 43.4 Å². The summed E-state index contributed by atoms with van der Waals surface area (Å²) in [6.07, 6.45) is 0.578. The highest BCUT2D eigenvalue weighted by Gasteiger charge is 2.25. The Morgan fingerprint density at radius 1 is 1.20 bits per heavy atom. The van der Waals surface area contributed by atoms with Crippen molar-refractivity contribution in [3.8, 4) is 0 Å². The van der Waals surface area contributed by atoms with E-state index in [0.29, 0.717) is 36.5 Å². The minimum Gasteiger partial charge on any atom is -0.310 e. The van der Waals surface area contributed by atoms with E-state index in [2.05, 4.69) is 9.97 Å². The third kappa shape index (κ3) is 3.61. The average Bonchev–Trinajstić information content (AvgIpc) is 2.52. The van der Waals surface area contributed by atoms with Crippen molar-refractivity contribution in [3.05, 3.63) is 62.6 Å². The van der Waals surface area contributed by atoms with E-state index in [1.54, 1.807) is 0 Å². The van der Waals surface area contributed by atoms with Crippen LogP contribution in [0.5, 0.6) is 0 Å². The number of aromatic nitrogens is 2. The summed E-state index contributed by atoms with van der Waals surface area (Å²) >= 11 is 0. The Labute approximate surface area is 143 Å². The molecule has 0 bridgehead atoms. The van der Waals surface area contributed by atoms with Gasteiger partial charge in [0.25, 0.3) is 5.56 Å². The second-order valence-electron chi connectivity index (χ2n) is 7.42. The van der Waals surface area contributed by atoms with E-state index in [1.165, 1.54) is 0 Å². The molecule has 2 heterocycles. The summed E-state index contributed by atoms with van der Waals surface area (Å²) in [6.45, 7) is 7.10. The van der Waals surface area contributed by atoms with Gasteiger partial charge in [0.05, 0.1) is 11.3 Å². The maximum atomic E-state index is 13.4. The van der Waals surface area contributed by atoms with Crippen LogP contribution in [0.25, 0.3) is 0 Å². The van der Waals surface area contributed by atoms with Crippen LogP contribution in [0.4, 0.5) is 13.2 Å². The fourth-order valence-electron chi connectivity index (χ4n) is 2.93. The third-order valence-corrected chi connectivity index (χ3v) is 4.31. The van der Waals surface area contributed by atoms with Gasteiger partial charge in [-0.2, -0.15) is 0 Å². The first kappa shape index (κ1) is 17.7. The van der Waals surface area contributed by atoms with Gasteiger partial charge in [-0.3, -0.25) is 9.69 Å². The Hall–Kier alpha value is -2.15. The van der Waals surface area contributed by atoms with E-state index in [4.69, 9.17) is 0 Å². The SMILES string of the molecule is CC(C)(C)c1nc2c(c(=O)[nH]1)CN(Cc1cc(F)c(F)c(F)c1)CC2. The highest BCUT2D eigenvalue weighted by atomic mass is 19.2. The summed E-state index contributed by atoms with van der Waals surface area (Å²) < 4.78 is 39.8. The van der Waals surface area contributed by atoms with Crippen LogP contribution >= 0.6 is 0 Å². The Morgan fingerprint density at radius 2 is 1.84 bits per heavy atom. The molecule has 1 aromatic heterocycles. The zero-order valence-corrected chi connectivity index (χ0v) is 14.4. The molecule has 0 aliphatic carbocycles. The lowest BCUT2D eigenvalue weighted by Crippen LogP contribution is -2.37. The van der Waals surface area contributed by atoms with Crippen LogP contribution in [0.2, 0.25) is 0 Å². The molecule has 1 N–H and O–H groups in total. The van der Waals surface area contributed by atoms with Gasteiger partial charge in [0.1, 0.15) is 5.82 Å². The molecular weight excluding hydrogens is 331 g/mol. The van der Waals surface area contributed by atoms with Crippen LogP contribution in [-0.4, -0.2) is 21.4 Å². The predicted molar refractivity (Wildman–Crippen MR) is 87.7 cm³/mol. The van der Waals surface area contributed by atoms with Crippen LogP contribution in [0.3, 0.4) is 0 Å². The summed E-state index contributed by atoms with van der Waals surface area (Å²) in [4.78, 5) is 21.7. The first-order chi connectivity index (χ1) is 11.6. The molecule has 0 amide bonds. The fraction of sp³-hybridized carbons (Fsp3) is 0.444. The van der Waals surface area contributed by atoms with E-state index in [9.17, 15) is 18.0 Å². The summed E-state index contributed by atoms with van der Waals surface area (Å²) in [5.74, 6) is -3.24. The minimum absolute atomic E-state index is 0.184. The van der Waals surface area contributed by atoms with Crippen LogP contribution in [0.15, 0.2) is 16.9 Å². The molecule has 1 aromatic carbocycles. The fourth-order valence-corrected chi connectivity index (χ4v) is 2.93. The van der Waals surface area contributed by atoms with Gasteiger partial charge in [-0.05, 0) is 17.7 Å². The number of hydrogen-bond donors (Lipinski definition) is 1. The lowest BCUT2D eigenvalue weighted by molar-refractivity contribution is 0.240. The largest absolute Gasteiger partial charge is 0.310 e. The molecule has 0 fully saturated rings. The lowest BCUT2D eigenvalue weighted by atomic mass is 9.95. The smallest absolute Gasteiger partial charge is 0.255 e. The number of H-pyrrole nitrogens is 1. The second kappa shape index (κ2) is 6.29. The number of benzene rings is 1. The number of hydrogen-bond acceptors (Lipinski definition) is 3. The number of fused-ring (bicyclic) bond motifs is 1. The number of aromatic amines is 1. The molecule has 0 radical (unpaired) electrons. The van der Waals surface area contributed by atoms with Gasteiger partial charge < -0.3 is 4.98 Å².